The molecule has 2 rings (SSSR count). The molecule has 4 heteroatoms. The highest BCUT2D eigenvalue weighted by molar-refractivity contribution is 5.47. The van der Waals surface area contributed by atoms with Gasteiger partial charge >= 0.3 is 6.18 Å². The lowest BCUT2D eigenvalue weighted by molar-refractivity contribution is -0.137. The lowest BCUT2D eigenvalue weighted by Crippen LogP contribution is -2.04. The molecule has 0 radical (unpaired) electrons. The van der Waals surface area contributed by atoms with Gasteiger partial charge in [-0.25, -0.2) is 0 Å². The van der Waals surface area contributed by atoms with Gasteiger partial charge in [-0.05, 0) is 35.4 Å². The summed E-state index contributed by atoms with van der Waals surface area (Å²) in [5.74, 6) is 0.408. The van der Waals surface area contributed by atoms with Crippen LogP contribution in [0.4, 0.5) is 13.2 Å². The molecule has 0 aliphatic heterocycles. The fourth-order valence-electron chi connectivity index (χ4n) is 1.66. The van der Waals surface area contributed by atoms with Gasteiger partial charge in [0.2, 0.25) is 0 Å². The van der Waals surface area contributed by atoms with Crippen molar-refractivity contribution in [3.63, 3.8) is 0 Å². The maximum absolute atomic E-state index is 12.4. The minimum atomic E-state index is -4.32. The Labute approximate surface area is 115 Å². The van der Waals surface area contributed by atoms with Gasteiger partial charge < -0.3 is 4.74 Å². The third-order valence-corrected chi connectivity index (χ3v) is 2.80. The Morgan fingerprint density at radius 3 is 2.05 bits per heavy atom. The number of ether oxygens (including phenoxy) is 1. The highest BCUT2D eigenvalue weighted by Crippen LogP contribution is 2.30. The molecule has 0 aliphatic carbocycles. The zero-order valence-corrected chi connectivity index (χ0v) is 10.7. The molecule has 0 heterocycles. The van der Waals surface area contributed by atoms with Crippen molar-refractivity contribution in [2.45, 2.75) is 12.8 Å². The largest absolute Gasteiger partial charge is 0.489 e. The number of hydrogen-bond donors (Lipinski definition) is 0. The molecule has 104 valence electrons. The van der Waals surface area contributed by atoms with Crippen LogP contribution in [0.15, 0.2) is 55.1 Å². The average Bonchev–Trinajstić information content (AvgIpc) is 2.45. The topological polar surface area (TPSA) is 9.23 Å². The molecule has 0 atom stereocenters. The number of hydrogen-bond acceptors (Lipinski definition) is 1. The van der Waals surface area contributed by atoms with Crippen molar-refractivity contribution in [2.75, 3.05) is 0 Å². The maximum Gasteiger partial charge on any atom is 0.416 e. The van der Waals surface area contributed by atoms with E-state index in [1.54, 1.807) is 6.08 Å². The first kappa shape index (κ1) is 14.2. The number of alkyl halides is 3. The summed E-state index contributed by atoms with van der Waals surface area (Å²) >= 11 is 0. The van der Waals surface area contributed by atoms with Crippen LogP contribution < -0.4 is 4.74 Å². The molecule has 0 fully saturated rings. The van der Waals surface area contributed by atoms with E-state index in [2.05, 4.69) is 6.58 Å². The van der Waals surface area contributed by atoms with Crippen molar-refractivity contribution < 1.29 is 17.9 Å². The zero-order valence-electron chi connectivity index (χ0n) is 10.7. The molecule has 0 saturated carbocycles. The molecule has 0 amide bonds. The molecular formula is C16H13F3O. The molecule has 0 spiro atoms. The fraction of sp³-hybridized carbons (Fsp3) is 0.125. The van der Waals surface area contributed by atoms with E-state index >= 15 is 0 Å². The Hall–Kier alpha value is -2.23. The second-order valence-electron chi connectivity index (χ2n) is 4.26. The summed E-state index contributed by atoms with van der Waals surface area (Å²) < 4.78 is 42.6. The second kappa shape index (κ2) is 5.82. The monoisotopic (exact) mass is 278 g/mol. The Bertz CT molecular complexity index is 568. The van der Waals surface area contributed by atoms with Gasteiger partial charge in [0, 0.05) is 0 Å². The first-order valence-corrected chi connectivity index (χ1v) is 6.00. The normalized spacial score (nSPS) is 11.2. The van der Waals surface area contributed by atoms with Crippen molar-refractivity contribution in [1.29, 1.82) is 0 Å². The highest BCUT2D eigenvalue weighted by atomic mass is 19.4. The Balaban J connectivity index is 1.98. The quantitative estimate of drug-likeness (QED) is 0.770. The first-order chi connectivity index (χ1) is 9.49. The first-order valence-electron chi connectivity index (χ1n) is 6.00. The molecular weight excluding hydrogens is 265 g/mol. The molecule has 0 saturated heterocycles. The summed E-state index contributed by atoms with van der Waals surface area (Å²) in [4.78, 5) is 0. The molecule has 20 heavy (non-hydrogen) atoms. The predicted octanol–water partition coefficient (Wildman–Crippen LogP) is 4.93. The van der Waals surface area contributed by atoms with Crippen molar-refractivity contribution in [2.24, 2.45) is 0 Å². The summed E-state index contributed by atoms with van der Waals surface area (Å²) in [6.07, 6.45) is -2.58. The summed E-state index contributed by atoms with van der Waals surface area (Å²) in [7, 11) is 0. The summed E-state index contributed by atoms with van der Waals surface area (Å²) in [6.45, 7) is 3.97. The van der Waals surface area contributed by atoms with E-state index in [9.17, 15) is 13.2 Å². The Morgan fingerprint density at radius 2 is 1.55 bits per heavy atom. The van der Waals surface area contributed by atoms with E-state index in [4.69, 9.17) is 4.74 Å². The van der Waals surface area contributed by atoms with Crippen LogP contribution in [-0.4, -0.2) is 0 Å². The summed E-state index contributed by atoms with van der Waals surface area (Å²) in [5.41, 5.74) is 1.26. The molecule has 2 aromatic carbocycles. The van der Waals surface area contributed by atoms with Crippen molar-refractivity contribution in [3.05, 3.63) is 71.8 Å². The van der Waals surface area contributed by atoms with Gasteiger partial charge in [0.15, 0.2) is 0 Å². The van der Waals surface area contributed by atoms with Gasteiger partial charge in [-0.2, -0.15) is 13.2 Å². The molecule has 0 aliphatic rings. The third-order valence-electron chi connectivity index (χ3n) is 2.80. The summed E-state index contributed by atoms with van der Waals surface area (Å²) in [6, 6.07) is 12.2. The lowest BCUT2D eigenvalue weighted by atomic mass is 10.1. The van der Waals surface area contributed by atoms with Gasteiger partial charge in [0.25, 0.3) is 0 Å². The van der Waals surface area contributed by atoms with Crippen LogP contribution in [-0.2, 0) is 12.8 Å². The number of rotatable bonds is 4. The van der Waals surface area contributed by atoms with Gasteiger partial charge in [0.05, 0.1) is 5.56 Å². The number of benzene rings is 2. The minimum Gasteiger partial charge on any atom is -0.489 e. The fourth-order valence-corrected chi connectivity index (χ4v) is 1.66. The Kier molecular flexibility index (Phi) is 4.13. The summed E-state index contributed by atoms with van der Waals surface area (Å²) in [5, 5.41) is 0. The van der Waals surface area contributed by atoms with Crippen LogP contribution in [0.25, 0.3) is 6.08 Å². The van der Waals surface area contributed by atoms with Crippen LogP contribution >= 0.6 is 0 Å². The molecule has 0 bridgehead atoms. The number of halogens is 3. The maximum atomic E-state index is 12.4. The third kappa shape index (κ3) is 3.63. The van der Waals surface area contributed by atoms with E-state index in [1.165, 1.54) is 12.1 Å². The van der Waals surface area contributed by atoms with Crippen LogP contribution in [0.2, 0.25) is 0 Å². The van der Waals surface area contributed by atoms with Crippen LogP contribution in [0, 0.1) is 0 Å². The second-order valence-corrected chi connectivity index (χ2v) is 4.26. The van der Waals surface area contributed by atoms with Gasteiger partial charge in [-0.3, -0.25) is 0 Å². The molecule has 0 aromatic heterocycles. The van der Waals surface area contributed by atoms with Crippen LogP contribution in [0.3, 0.4) is 0 Å². The smallest absolute Gasteiger partial charge is 0.416 e. The highest BCUT2D eigenvalue weighted by Gasteiger charge is 2.29. The van der Waals surface area contributed by atoms with E-state index in [1.807, 2.05) is 24.3 Å². The molecule has 1 nitrogen and oxygen atoms in total. The van der Waals surface area contributed by atoms with E-state index < -0.39 is 11.7 Å². The average molecular weight is 278 g/mol. The predicted molar refractivity (Wildman–Crippen MR) is 72.3 cm³/mol. The van der Waals surface area contributed by atoms with E-state index in [-0.39, 0.29) is 0 Å². The molecule has 2 aromatic rings. The van der Waals surface area contributed by atoms with Crippen molar-refractivity contribution in [1.82, 2.24) is 0 Å². The van der Waals surface area contributed by atoms with Crippen LogP contribution in [0.5, 0.6) is 5.75 Å². The van der Waals surface area contributed by atoms with E-state index in [0.717, 1.165) is 23.3 Å². The van der Waals surface area contributed by atoms with Crippen LogP contribution in [0.1, 0.15) is 16.7 Å². The molecule has 0 unspecified atom stereocenters. The Morgan fingerprint density at radius 1 is 0.950 bits per heavy atom. The van der Waals surface area contributed by atoms with Crippen molar-refractivity contribution in [3.8, 4) is 5.75 Å². The standard InChI is InChI=1S/C16H13F3O/c1-2-12-3-5-13(6-4-12)11-20-15-9-7-14(8-10-15)16(17,18)19/h2-10H,1,11H2. The molecule has 0 N–H and O–H groups in total. The van der Waals surface area contributed by atoms with Gasteiger partial charge in [0.1, 0.15) is 12.4 Å². The van der Waals surface area contributed by atoms with Crippen molar-refractivity contribution >= 4 is 6.08 Å². The van der Waals surface area contributed by atoms with Gasteiger partial charge in [-0.1, -0.05) is 36.9 Å². The zero-order chi connectivity index (χ0) is 14.6. The van der Waals surface area contributed by atoms with Gasteiger partial charge in [-0.15, -0.1) is 0 Å². The SMILES string of the molecule is C=Cc1ccc(COc2ccc(C(F)(F)F)cc2)cc1. The van der Waals surface area contributed by atoms with E-state index in [0.29, 0.717) is 12.4 Å². The minimum absolute atomic E-state index is 0.308. The lowest BCUT2D eigenvalue weighted by Gasteiger charge is -2.09.